The molecule has 45 heavy (non-hydrogen) atoms. The summed E-state index contributed by atoms with van der Waals surface area (Å²) in [5, 5.41) is 16.4. The maximum Gasteiger partial charge on any atom is 0.335 e. The van der Waals surface area contributed by atoms with Crippen LogP contribution in [-0.4, -0.2) is 52.1 Å². The van der Waals surface area contributed by atoms with Crippen LogP contribution in [-0.2, 0) is 16.1 Å². The van der Waals surface area contributed by atoms with Gasteiger partial charge >= 0.3 is 5.97 Å². The zero-order valence-corrected chi connectivity index (χ0v) is 26.9. The highest BCUT2D eigenvalue weighted by molar-refractivity contribution is 7.22. The third-order valence-corrected chi connectivity index (χ3v) is 12.3. The van der Waals surface area contributed by atoms with E-state index in [4.69, 9.17) is 42.2 Å². The first kappa shape index (κ1) is 28.5. The van der Waals surface area contributed by atoms with Gasteiger partial charge in [0.25, 0.3) is 0 Å². The average molecular weight is 667 g/mol. The first-order valence-corrected chi connectivity index (χ1v) is 17.6. The van der Waals surface area contributed by atoms with E-state index in [9.17, 15) is 9.90 Å². The van der Waals surface area contributed by atoms with E-state index in [1.54, 1.807) is 17.4 Å². The van der Waals surface area contributed by atoms with Crippen molar-refractivity contribution in [3.63, 3.8) is 0 Å². The number of anilines is 1. The third kappa shape index (κ3) is 4.97. The highest BCUT2D eigenvalue weighted by Gasteiger charge is 2.47. The summed E-state index contributed by atoms with van der Waals surface area (Å²) in [6, 6.07) is 9.49. The van der Waals surface area contributed by atoms with Crippen LogP contribution in [0.15, 0.2) is 34.9 Å². The van der Waals surface area contributed by atoms with Gasteiger partial charge in [-0.25, -0.2) is 9.78 Å². The smallest absolute Gasteiger partial charge is 0.335 e. The molecule has 3 aliphatic heterocycles. The van der Waals surface area contributed by atoms with Crippen LogP contribution in [0.2, 0.25) is 10.0 Å². The van der Waals surface area contributed by atoms with Crippen LogP contribution in [0.5, 0.6) is 0 Å². The largest absolute Gasteiger partial charge is 0.478 e. The monoisotopic (exact) mass is 665 g/mol. The number of halogens is 2. The van der Waals surface area contributed by atoms with Gasteiger partial charge in [0.05, 0.1) is 50.7 Å². The summed E-state index contributed by atoms with van der Waals surface area (Å²) < 4.78 is 19.6. The predicted octanol–water partition coefficient (Wildman–Crippen LogP) is 8.44. The Morgan fingerprint density at radius 2 is 1.82 bits per heavy atom. The molecule has 2 saturated carbocycles. The van der Waals surface area contributed by atoms with Gasteiger partial charge < -0.3 is 24.0 Å². The number of aromatic carboxylic acids is 1. The molecule has 5 aliphatic rings. The summed E-state index contributed by atoms with van der Waals surface area (Å²) in [5.74, 6) is 1.06. The second kappa shape index (κ2) is 10.9. The highest BCUT2D eigenvalue weighted by atomic mass is 35.5. The van der Waals surface area contributed by atoms with Crippen molar-refractivity contribution in [3.8, 4) is 11.3 Å². The van der Waals surface area contributed by atoms with Crippen molar-refractivity contribution in [3.05, 3.63) is 62.8 Å². The standard InChI is InChI=1S/C34H33Cl2N3O5S/c35-25-2-1-3-26(36)29(25)31-24(32(44-38-31)16-4-5-16)15-42-27-13-20-8-19(27)14-39(20)34-37-30-23(11-18(33(40)41)12-28(30)45-34)17-9-21-6-7-22(10-17)43-21/h1-3,11-12,16-17,19-22,27H,4-10,13-15H2,(H,40,41)/t17-,19-,20-,21-,22+,27+/m0/s1. The number of hydrogen-bond donors (Lipinski definition) is 1. The first-order valence-electron chi connectivity index (χ1n) is 16.0. The fourth-order valence-electron chi connectivity index (χ4n) is 8.30. The van der Waals surface area contributed by atoms with E-state index in [0.717, 1.165) is 90.1 Å². The normalized spacial score (nSPS) is 28.9. The maximum absolute atomic E-state index is 12.1. The lowest BCUT2D eigenvalue weighted by atomic mass is 9.87. The van der Waals surface area contributed by atoms with E-state index in [0.29, 0.717) is 51.4 Å². The Balaban J connectivity index is 0.947. The molecule has 2 aliphatic carbocycles. The Bertz CT molecular complexity index is 1790. The van der Waals surface area contributed by atoms with Crippen LogP contribution in [0, 0.1) is 5.92 Å². The Morgan fingerprint density at radius 1 is 1.04 bits per heavy atom. The van der Waals surface area contributed by atoms with E-state index < -0.39 is 5.97 Å². The molecule has 11 heteroatoms. The number of fused-ring (bicyclic) bond motifs is 5. The molecule has 3 saturated heterocycles. The van der Waals surface area contributed by atoms with Gasteiger partial charge in [-0.05, 0) is 87.1 Å². The summed E-state index contributed by atoms with van der Waals surface area (Å²) in [7, 11) is 0. The minimum absolute atomic E-state index is 0.129. The molecule has 0 unspecified atom stereocenters. The fourth-order valence-corrected chi connectivity index (χ4v) is 9.99. The van der Waals surface area contributed by atoms with Crippen molar-refractivity contribution in [2.75, 3.05) is 11.4 Å². The number of aromatic nitrogens is 2. The summed E-state index contributed by atoms with van der Waals surface area (Å²) in [4.78, 5) is 19.7. The second-order valence-corrected chi connectivity index (χ2v) is 15.3. The minimum atomic E-state index is -0.888. The maximum atomic E-state index is 12.1. The summed E-state index contributed by atoms with van der Waals surface area (Å²) in [6.07, 6.45) is 8.91. The van der Waals surface area contributed by atoms with Crippen LogP contribution >= 0.6 is 34.5 Å². The Kier molecular flexibility index (Phi) is 6.94. The number of hydrogen-bond acceptors (Lipinski definition) is 8. The zero-order chi connectivity index (χ0) is 30.4. The van der Waals surface area contributed by atoms with Gasteiger partial charge in [0.1, 0.15) is 11.5 Å². The SMILES string of the molecule is O=C(O)c1cc([C@@H]2C[C@H]3CC[C@@H](C2)O3)c2nc(N3C[C@@H]4C[C@H]3C[C@H]4OCc3c(-c4c(Cl)cccc4Cl)noc3C3CC3)sc2c1. The molecular formula is C34H33Cl2N3O5S. The number of piperidine rings is 1. The van der Waals surface area contributed by atoms with Gasteiger partial charge in [0.2, 0.25) is 0 Å². The molecule has 8 nitrogen and oxygen atoms in total. The molecule has 6 atom stereocenters. The zero-order valence-electron chi connectivity index (χ0n) is 24.6. The number of thiazole rings is 1. The summed E-state index contributed by atoms with van der Waals surface area (Å²) in [6.45, 7) is 1.29. The number of carboxylic acids is 1. The van der Waals surface area contributed by atoms with Crippen LogP contribution in [0.4, 0.5) is 5.13 Å². The van der Waals surface area contributed by atoms with E-state index in [1.165, 1.54) is 0 Å². The molecule has 234 valence electrons. The molecular weight excluding hydrogens is 633 g/mol. The fraction of sp³-hybridized carbons (Fsp3) is 0.500. The van der Waals surface area contributed by atoms with Gasteiger partial charge in [-0.15, -0.1) is 0 Å². The lowest BCUT2D eigenvalue weighted by Crippen LogP contribution is -2.38. The molecule has 4 bridgehead atoms. The molecule has 0 radical (unpaired) electrons. The number of ether oxygens (including phenoxy) is 2. The number of benzene rings is 2. The van der Waals surface area contributed by atoms with Crippen molar-refractivity contribution in [2.45, 2.75) is 94.2 Å². The topological polar surface area (TPSA) is 97.9 Å². The Morgan fingerprint density at radius 3 is 2.51 bits per heavy atom. The Labute approximate surface area is 274 Å². The summed E-state index contributed by atoms with van der Waals surface area (Å²) >= 11 is 14.7. The van der Waals surface area contributed by atoms with Crippen molar-refractivity contribution < 1.29 is 23.9 Å². The van der Waals surface area contributed by atoms with Crippen LogP contribution in [0.1, 0.15) is 90.4 Å². The molecule has 1 N–H and O–H groups in total. The third-order valence-electron chi connectivity index (χ3n) is 10.6. The van der Waals surface area contributed by atoms with Gasteiger partial charge in [-0.1, -0.05) is 45.8 Å². The predicted molar refractivity (Wildman–Crippen MR) is 173 cm³/mol. The molecule has 0 spiro atoms. The van der Waals surface area contributed by atoms with Crippen molar-refractivity contribution in [1.82, 2.24) is 10.1 Å². The van der Waals surface area contributed by atoms with Crippen LogP contribution in [0.25, 0.3) is 21.5 Å². The van der Waals surface area contributed by atoms with Crippen molar-refractivity contribution >= 4 is 55.9 Å². The molecule has 4 aromatic rings. The number of carbonyl (C=O) groups is 1. The van der Waals surface area contributed by atoms with E-state index in [2.05, 4.69) is 10.1 Å². The van der Waals surface area contributed by atoms with E-state index in [1.807, 2.05) is 24.3 Å². The number of rotatable bonds is 8. The van der Waals surface area contributed by atoms with Crippen LogP contribution < -0.4 is 4.90 Å². The first-order chi connectivity index (χ1) is 21.9. The molecule has 2 aromatic carbocycles. The Hall–Kier alpha value is -2.69. The molecule has 5 fully saturated rings. The number of nitrogens with zero attached hydrogens (tertiary/aromatic N) is 3. The van der Waals surface area contributed by atoms with Crippen molar-refractivity contribution in [2.24, 2.45) is 5.92 Å². The quantitative estimate of drug-likeness (QED) is 0.200. The lowest BCUT2D eigenvalue weighted by Gasteiger charge is -2.31. The van der Waals surface area contributed by atoms with Crippen molar-refractivity contribution in [1.29, 1.82) is 0 Å². The van der Waals surface area contributed by atoms with Gasteiger partial charge in [0.15, 0.2) is 5.13 Å². The molecule has 5 heterocycles. The number of carboxylic acid groups (broad SMARTS) is 1. The van der Waals surface area contributed by atoms with Gasteiger partial charge in [-0.3, -0.25) is 0 Å². The lowest BCUT2D eigenvalue weighted by molar-refractivity contribution is -0.00361. The summed E-state index contributed by atoms with van der Waals surface area (Å²) in [5.41, 5.74) is 4.73. The van der Waals surface area contributed by atoms with Gasteiger partial charge in [-0.2, -0.15) is 0 Å². The highest BCUT2D eigenvalue weighted by Crippen LogP contribution is 2.49. The van der Waals surface area contributed by atoms with E-state index in [-0.39, 0.29) is 24.2 Å². The van der Waals surface area contributed by atoms with Crippen LogP contribution in [0.3, 0.4) is 0 Å². The average Bonchev–Trinajstić information content (AvgIpc) is 3.39. The van der Waals surface area contributed by atoms with E-state index >= 15 is 0 Å². The molecule has 2 aromatic heterocycles. The molecule has 0 amide bonds. The second-order valence-electron chi connectivity index (χ2n) is 13.5. The minimum Gasteiger partial charge on any atom is -0.478 e. The van der Waals surface area contributed by atoms with Gasteiger partial charge in [0, 0.05) is 35.5 Å². The molecule has 9 rings (SSSR count).